The van der Waals surface area contributed by atoms with Gasteiger partial charge >= 0.3 is 11.9 Å². The Hall–Kier alpha value is -2.16. The second-order valence-electron chi connectivity index (χ2n) is 14.4. The van der Waals surface area contributed by atoms with E-state index in [2.05, 4.69) is 45.7 Å². The number of benzene rings is 1. The average molecular weight is 573 g/mol. The molecule has 0 aromatic heterocycles. The third-order valence-electron chi connectivity index (χ3n) is 9.84. The zero-order valence-electron chi connectivity index (χ0n) is 26.4. The van der Waals surface area contributed by atoms with E-state index in [0.717, 1.165) is 25.0 Å². The fraction of sp³-hybridized carbons (Fsp3) is 0.758. The minimum Gasteiger partial charge on any atom is -0.462 e. The van der Waals surface area contributed by atoms with Crippen molar-refractivity contribution in [3.8, 4) is 5.75 Å². The van der Waals surface area contributed by atoms with Crippen molar-refractivity contribution < 1.29 is 29.1 Å². The molecular formula is C33H52N2O6. The van der Waals surface area contributed by atoms with Crippen LogP contribution in [0.25, 0.3) is 0 Å². The van der Waals surface area contributed by atoms with Crippen LogP contribution in [0.3, 0.4) is 0 Å². The quantitative estimate of drug-likeness (QED) is 0.256. The Balaban J connectivity index is 1.18. The molecule has 5 unspecified atom stereocenters. The zero-order chi connectivity index (χ0) is 30.2. The van der Waals surface area contributed by atoms with Crippen LogP contribution in [0, 0.1) is 5.92 Å². The molecule has 5 atom stereocenters. The summed E-state index contributed by atoms with van der Waals surface area (Å²) in [5.74, 6) is 1.03. The normalized spacial score (nSPS) is 31.1. The fourth-order valence-electron chi connectivity index (χ4n) is 7.21. The third-order valence-corrected chi connectivity index (χ3v) is 9.84. The lowest BCUT2D eigenvalue weighted by molar-refractivity contribution is -0.275. The predicted octanol–water partition coefficient (Wildman–Crippen LogP) is 6.79. The smallest absolute Gasteiger partial charge is 0.306 e. The van der Waals surface area contributed by atoms with E-state index in [1.165, 1.54) is 10.6 Å². The Kier molecular flexibility index (Phi) is 9.46. The molecule has 1 N–H and O–H groups in total. The standard InChI is InChI=1S/C33H52N2O6/c1-22(2)33(8)21-25(20-32(6,7)35(33)38)40-30(37)17-11-9-10-16-29(36)39-24-18-27-23(3)26-14-12-13-15-28(26)41-34(27)31(4,5)19-24/h12-15,22-25,27,38H,9-11,16-21H2,1-8H3. The number of unbranched alkanes of at least 4 members (excludes halogenated alkanes) is 2. The van der Waals surface area contributed by atoms with E-state index in [4.69, 9.17) is 14.3 Å². The van der Waals surface area contributed by atoms with Gasteiger partial charge in [0.1, 0.15) is 12.2 Å². The number of para-hydroxylation sites is 1. The number of carbonyl (C=O) groups excluding carboxylic acids is 2. The van der Waals surface area contributed by atoms with Gasteiger partial charge in [-0.3, -0.25) is 9.59 Å². The Morgan fingerprint density at radius 2 is 1.51 bits per heavy atom. The van der Waals surface area contributed by atoms with E-state index in [1.54, 1.807) is 0 Å². The zero-order valence-corrected chi connectivity index (χ0v) is 26.4. The molecule has 230 valence electrons. The molecule has 41 heavy (non-hydrogen) atoms. The molecule has 2 saturated heterocycles. The lowest BCUT2D eigenvalue weighted by Crippen LogP contribution is -2.64. The molecule has 0 saturated carbocycles. The maximum absolute atomic E-state index is 12.7. The van der Waals surface area contributed by atoms with Gasteiger partial charge in [-0.25, -0.2) is 0 Å². The number of hydrogen-bond donors (Lipinski definition) is 1. The van der Waals surface area contributed by atoms with Crippen LogP contribution in [0.2, 0.25) is 0 Å². The predicted molar refractivity (Wildman–Crippen MR) is 157 cm³/mol. The van der Waals surface area contributed by atoms with Gasteiger partial charge in [0.15, 0.2) is 5.75 Å². The Bertz CT molecular complexity index is 1090. The molecule has 0 bridgehead atoms. The van der Waals surface area contributed by atoms with Gasteiger partial charge in [0.25, 0.3) is 0 Å². The summed E-state index contributed by atoms with van der Waals surface area (Å²) in [4.78, 5) is 31.7. The molecule has 4 rings (SSSR count). The number of nitrogens with zero attached hydrogens (tertiary/aromatic N) is 2. The summed E-state index contributed by atoms with van der Waals surface area (Å²) in [6.45, 7) is 16.7. The van der Waals surface area contributed by atoms with E-state index in [0.29, 0.717) is 38.5 Å². The van der Waals surface area contributed by atoms with E-state index < -0.39 is 11.1 Å². The van der Waals surface area contributed by atoms with Crippen LogP contribution in [0.5, 0.6) is 5.75 Å². The number of hydroxylamine groups is 4. The van der Waals surface area contributed by atoms with Gasteiger partial charge in [-0.2, -0.15) is 5.06 Å². The van der Waals surface area contributed by atoms with E-state index in [1.807, 2.05) is 39.0 Å². The molecule has 8 nitrogen and oxygen atoms in total. The lowest BCUT2D eigenvalue weighted by Gasteiger charge is -2.54. The van der Waals surface area contributed by atoms with Crippen molar-refractivity contribution in [2.24, 2.45) is 5.92 Å². The molecule has 0 spiro atoms. The Labute approximate surface area is 246 Å². The minimum atomic E-state index is -0.471. The number of carbonyl (C=O) groups is 2. The fourth-order valence-corrected chi connectivity index (χ4v) is 7.21. The summed E-state index contributed by atoms with van der Waals surface area (Å²) < 4.78 is 11.8. The molecule has 2 fully saturated rings. The number of fused-ring (bicyclic) bond motifs is 2. The first-order chi connectivity index (χ1) is 19.1. The summed E-state index contributed by atoms with van der Waals surface area (Å²) in [5, 5.41) is 14.4. The molecule has 0 radical (unpaired) electrons. The highest BCUT2D eigenvalue weighted by molar-refractivity contribution is 5.70. The topological polar surface area (TPSA) is 88.5 Å². The summed E-state index contributed by atoms with van der Waals surface area (Å²) >= 11 is 0. The van der Waals surface area contributed by atoms with E-state index in [-0.39, 0.29) is 47.6 Å². The lowest BCUT2D eigenvalue weighted by atomic mass is 9.73. The maximum atomic E-state index is 12.7. The summed E-state index contributed by atoms with van der Waals surface area (Å²) in [5.41, 5.74) is 0.0180. The van der Waals surface area contributed by atoms with Gasteiger partial charge < -0.3 is 19.5 Å². The number of hydrogen-bond acceptors (Lipinski definition) is 8. The van der Waals surface area contributed by atoms with Crippen molar-refractivity contribution in [2.45, 2.75) is 154 Å². The Morgan fingerprint density at radius 3 is 2.15 bits per heavy atom. The van der Waals surface area contributed by atoms with E-state index >= 15 is 0 Å². The molecule has 3 heterocycles. The van der Waals surface area contributed by atoms with Crippen molar-refractivity contribution in [1.29, 1.82) is 0 Å². The van der Waals surface area contributed by atoms with E-state index in [9.17, 15) is 14.8 Å². The van der Waals surface area contributed by atoms with Gasteiger partial charge in [-0.1, -0.05) is 45.4 Å². The van der Waals surface area contributed by atoms with Crippen LogP contribution in [0.1, 0.15) is 125 Å². The number of esters is 2. The molecular weight excluding hydrogens is 520 g/mol. The molecule has 1 aromatic carbocycles. The van der Waals surface area contributed by atoms with Crippen LogP contribution in [0.15, 0.2) is 24.3 Å². The van der Waals surface area contributed by atoms with Crippen molar-refractivity contribution in [3.05, 3.63) is 29.8 Å². The van der Waals surface area contributed by atoms with Crippen molar-refractivity contribution in [2.75, 3.05) is 0 Å². The van der Waals surface area contributed by atoms with Crippen LogP contribution < -0.4 is 4.84 Å². The minimum absolute atomic E-state index is 0.142. The monoisotopic (exact) mass is 572 g/mol. The third kappa shape index (κ3) is 6.91. The highest BCUT2D eigenvalue weighted by atomic mass is 16.7. The first kappa shape index (κ1) is 31.8. The van der Waals surface area contributed by atoms with Crippen LogP contribution in [-0.2, 0) is 19.1 Å². The molecule has 1 aromatic rings. The number of piperidine rings is 2. The summed E-state index contributed by atoms with van der Waals surface area (Å²) in [7, 11) is 0. The number of rotatable bonds is 9. The van der Waals surface area contributed by atoms with Crippen LogP contribution >= 0.6 is 0 Å². The summed E-state index contributed by atoms with van der Waals surface area (Å²) in [6.07, 6.45) is 5.13. The van der Waals surface area contributed by atoms with Gasteiger partial charge in [-0.15, -0.1) is 5.06 Å². The molecule has 3 aliphatic heterocycles. The SMILES string of the molecule is CC1c2ccccc2ON2C1CC(OC(=O)CCCCCC(=O)OC1CC(C)(C)N(O)C(C)(C(C)C)C1)CC2(C)C. The van der Waals surface area contributed by atoms with Gasteiger partial charge in [0.2, 0.25) is 0 Å². The van der Waals surface area contributed by atoms with Crippen molar-refractivity contribution >= 4 is 11.9 Å². The maximum Gasteiger partial charge on any atom is 0.306 e. The second-order valence-corrected chi connectivity index (χ2v) is 14.4. The first-order valence-electron chi connectivity index (χ1n) is 15.6. The highest BCUT2D eigenvalue weighted by Crippen LogP contribution is 2.46. The van der Waals surface area contributed by atoms with Gasteiger partial charge in [-0.05, 0) is 59.4 Å². The average Bonchev–Trinajstić information content (AvgIpc) is 2.87. The van der Waals surface area contributed by atoms with Crippen molar-refractivity contribution in [3.63, 3.8) is 0 Å². The summed E-state index contributed by atoms with van der Waals surface area (Å²) in [6, 6.07) is 8.33. The van der Waals surface area contributed by atoms with Crippen LogP contribution in [0.4, 0.5) is 0 Å². The second kappa shape index (κ2) is 12.2. The van der Waals surface area contributed by atoms with Crippen molar-refractivity contribution in [1.82, 2.24) is 10.1 Å². The highest BCUT2D eigenvalue weighted by Gasteiger charge is 2.51. The van der Waals surface area contributed by atoms with Gasteiger partial charge in [0.05, 0.1) is 11.6 Å². The molecule has 0 aliphatic carbocycles. The Morgan fingerprint density at radius 1 is 0.927 bits per heavy atom. The number of ether oxygens (including phenoxy) is 2. The first-order valence-corrected chi connectivity index (χ1v) is 15.6. The van der Waals surface area contributed by atoms with Gasteiger partial charge in [0, 0.05) is 61.1 Å². The molecule has 3 aliphatic rings. The van der Waals surface area contributed by atoms with Crippen LogP contribution in [-0.4, -0.2) is 62.1 Å². The molecule has 8 heteroatoms. The largest absolute Gasteiger partial charge is 0.462 e. The molecule has 0 amide bonds.